The van der Waals surface area contributed by atoms with Crippen LogP contribution in [0.3, 0.4) is 0 Å². The fraction of sp³-hybridized carbons (Fsp3) is 0.231. The van der Waals surface area contributed by atoms with Gasteiger partial charge < -0.3 is 9.47 Å². The number of carbonyl (C=O) groups excluding carboxylic acids is 2. The molecule has 0 aromatic heterocycles. The van der Waals surface area contributed by atoms with Crippen molar-refractivity contribution in [3.05, 3.63) is 45.5 Å². The molecule has 0 saturated carbocycles. The van der Waals surface area contributed by atoms with Crippen LogP contribution in [0, 0.1) is 10.1 Å². The summed E-state index contributed by atoms with van der Waals surface area (Å²) in [7, 11) is 1.21. The highest BCUT2D eigenvalue weighted by Crippen LogP contribution is 2.15. The number of benzene rings is 1. The topological polar surface area (TPSA) is 95.7 Å². The van der Waals surface area contributed by atoms with Gasteiger partial charge in [-0.05, 0) is 23.8 Å². The number of rotatable bonds is 5. The minimum atomic E-state index is -0.635. The standard InChI is InChI=1S/C13H13NO6/c1-9(15)20-8-11(13(16)19-2)7-10-3-5-12(6-4-10)14(17)18/h3-7H,8H2,1-2H3/b11-7-. The SMILES string of the molecule is COC(=O)/C(=C\c1ccc([N+](=O)[O-])cc1)COC(C)=O. The number of nitro benzene ring substituents is 1. The van der Waals surface area contributed by atoms with Crippen molar-refractivity contribution in [2.24, 2.45) is 0 Å². The third-order valence-electron chi connectivity index (χ3n) is 2.32. The van der Waals surface area contributed by atoms with Crippen LogP contribution in [0.15, 0.2) is 29.8 Å². The highest BCUT2D eigenvalue weighted by molar-refractivity contribution is 5.94. The monoisotopic (exact) mass is 279 g/mol. The first-order valence-electron chi connectivity index (χ1n) is 5.60. The summed E-state index contributed by atoms with van der Waals surface area (Å²) in [5, 5.41) is 10.5. The van der Waals surface area contributed by atoms with Crippen LogP contribution in [0.1, 0.15) is 12.5 Å². The van der Waals surface area contributed by atoms with Crippen LogP contribution in [-0.2, 0) is 19.1 Å². The number of non-ortho nitro benzene ring substituents is 1. The predicted octanol–water partition coefficient (Wildman–Crippen LogP) is 1.71. The summed E-state index contributed by atoms with van der Waals surface area (Å²) in [6.07, 6.45) is 1.44. The second kappa shape index (κ2) is 7.03. The Morgan fingerprint density at radius 2 is 1.90 bits per heavy atom. The van der Waals surface area contributed by atoms with E-state index in [0.717, 1.165) is 0 Å². The highest BCUT2D eigenvalue weighted by Gasteiger charge is 2.12. The Labute approximate surface area is 114 Å². The van der Waals surface area contributed by atoms with Gasteiger partial charge in [-0.1, -0.05) is 0 Å². The van der Waals surface area contributed by atoms with Crippen LogP contribution in [0.25, 0.3) is 6.08 Å². The second-order valence-corrected chi connectivity index (χ2v) is 3.79. The molecule has 0 heterocycles. The number of methoxy groups -OCH3 is 1. The molecule has 1 rings (SSSR count). The molecular formula is C13H13NO6. The van der Waals surface area contributed by atoms with E-state index in [1.54, 1.807) is 0 Å². The summed E-state index contributed by atoms with van der Waals surface area (Å²) in [6, 6.07) is 5.59. The maximum Gasteiger partial charge on any atom is 0.337 e. The lowest BCUT2D eigenvalue weighted by Crippen LogP contribution is -2.12. The maximum absolute atomic E-state index is 11.5. The molecule has 0 spiro atoms. The van der Waals surface area contributed by atoms with Gasteiger partial charge in [0.05, 0.1) is 17.6 Å². The Kier molecular flexibility index (Phi) is 5.40. The van der Waals surface area contributed by atoms with Gasteiger partial charge in [0.15, 0.2) is 0 Å². The van der Waals surface area contributed by atoms with E-state index >= 15 is 0 Å². The van der Waals surface area contributed by atoms with Gasteiger partial charge >= 0.3 is 11.9 Å². The predicted molar refractivity (Wildman–Crippen MR) is 69.7 cm³/mol. The lowest BCUT2D eigenvalue weighted by molar-refractivity contribution is -0.384. The van der Waals surface area contributed by atoms with E-state index < -0.39 is 16.9 Å². The molecule has 0 aliphatic carbocycles. The number of carbonyl (C=O) groups is 2. The van der Waals surface area contributed by atoms with Crippen LogP contribution in [0.2, 0.25) is 0 Å². The molecule has 7 heteroatoms. The van der Waals surface area contributed by atoms with E-state index in [0.29, 0.717) is 5.56 Å². The summed E-state index contributed by atoms with van der Waals surface area (Å²) < 4.78 is 9.32. The zero-order chi connectivity index (χ0) is 15.1. The smallest absolute Gasteiger partial charge is 0.337 e. The summed E-state index contributed by atoms with van der Waals surface area (Å²) >= 11 is 0. The van der Waals surface area contributed by atoms with E-state index in [4.69, 9.17) is 4.74 Å². The van der Waals surface area contributed by atoms with Crippen LogP contribution in [0.5, 0.6) is 0 Å². The minimum Gasteiger partial charge on any atom is -0.466 e. The Balaban J connectivity index is 2.96. The Bertz CT molecular complexity index is 546. The first-order chi connectivity index (χ1) is 9.43. The first kappa shape index (κ1) is 15.4. The quantitative estimate of drug-likeness (QED) is 0.352. The van der Waals surface area contributed by atoms with Crippen molar-refractivity contribution in [3.8, 4) is 0 Å². The van der Waals surface area contributed by atoms with E-state index in [1.165, 1.54) is 44.4 Å². The fourth-order valence-electron chi connectivity index (χ4n) is 1.36. The molecular weight excluding hydrogens is 266 g/mol. The van der Waals surface area contributed by atoms with Crippen molar-refractivity contribution < 1.29 is 24.0 Å². The van der Waals surface area contributed by atoms with Crippen molar-refractivity contribution >= 4 is 23.7 Å². The Morgan fingerprint density at radius 3 is 2.35 bits per heavy atom. The Hall–Kier alpha value is -2.70. The van der Waals surface area contributed by atoms with Gasteiger partial charge in [0.2, 0.25) is 0 Å². The molecule has 0 aliphatic heterocycles. The van der Waals surface area contributed by atoms with Crippen LogP contribution in [-0.4, -0.2) is 30.6 Å². The third-order valence-corrected chi connectivity index (χ3v) is 2.32. The third kappa shape index (κ3) is 4.52. The molecule has 0 amide bonds. The van der Waals surface area contributed by atoms with Crippen molar-refractivity contribution in [1.82, 2.24) is 0 Å². The summed E-state index contributed by atoms with van der Waals surface area (Å²) in [6.45, 7) is 1.000. The van der Waals surface area contributed by atoms with Gasteiger partial charge in [0.25, 0.3) is 5.69 Å². The molecule has 1 aromatic carbocycles. The van der Waals surface area contributed by atoms with Crippen molar-refractivity contribution in [1.29, 1.82) is 0 Å². The summed E-state index contributed by atoms with van der Waals surface area (Å²) in [5.74, 6) is -1.16. The van der Waals surface area contributed by atoms with Crippen LogP contribution >= 0.6 is 0 Å². The minimum absolute atomic E-state index is 0.0539. The van der Waals surface area contributed by atoms with E-state index in [2.05, 4.69) is 4.74 Å². The molecule has 7 nitrogen and oxygen atoms in total. The highest BCUT2D eigenvalue weighted by atomic mass is 16.6. The van der Waals surface area contributed by atoms with Crippen molar-refractivity contribution in [2.45, 2.75) is 6.92 Å². The van der Waals surface area contributed by atoms with Gasteiger partial charge in [-0.3, -0.25) is 14.9 Å². The second-order valence-electron chi connectivity index (χ2n) is 3.79. The fourth-order valence-corrected chi connectivity index (χ4v) is 1.36. The van der Waals surface area contributed by atoms with Gasteiger partial charge in [-0.15, -0.1) is 0 Å². The molecule has 0 radical (unpaired) electrons. The molecule has 0 saturated heterocycles. The number of ether oxygens (including phenoxy) is 2. The number of hydrogen-bond donors (Lipinski definition) is 0. The lowest BCUT2D eigenvalue weighted by atomic mass is 10.1. The van der Waals surface area contributed by atoms with Crippen molar-refractivity contribution in [2.75, 3.05) is 13.7 Å². The zero-order valence-electron chi connectivity index (χ0n) is 11.0. The van der Waals surface area contributed by atoms with Crippen LogP contribution in [0.4, 0.5) is 5.69 Å². The summed E-state index contributed by atoms with van der Waals surface area (Å²) in [5.41, 5.74) is 0.640. The average Bonchev–Trinajstić information content (AvgIpc) is 2.42. The molecule has 0 unspecified atom stereocenters. The molecule has 0 atom stereocenters. The molecule has 1 aromatic rings. The van der Waals surface area contributed by atoms with Gasteiger partial charge in [-0.25, -0.2) is 4.79 Å². The van der Waals surface area contributed by atoms with Crippen molar-refractivity contribution in [3.63, 3.8) is 0 Å². The Morgan fingerprint density at radius 1 is 1.30 bits per heavy atom. The number of nitrogens with zero attached hydrogens (tertiary/aromatic N) is 1. The van der Waals surface area contributed by atoms with Crippen LogP contribution < -0.4 is 0 Å². The zero-order valence-corrected chi connectivity index (χ0v) is 11.0. The summed E-state index contributed by atoms with van der Waals surface area (Å²) in [4.78, 5) is 32.3. The largest absolute Gasteiger partial charge is 0.466 e. The normalized spacial score (nSPS) is 10.8. The number of hydrogen-bond acceptors (Lipinski definition) is 6. The maximum atomic E-state index is 11.5. The van der Waals surface area contributed by atoms with Gasteiger partial charge in [0.1, 0.15) is 6.61 Å². The molecule has 0 aliphatic rings. The number of nitro groups is 1. The number of esters is 2. The lowest BCUT2D eigenvalue weighted by Gasteiger charge is -2.06. The first-order valence-corrected chi connectivity index (χ1v) is 5.60. The van der Waals surface area contributed by atoms with E-state index in [9.17, 15) is 19.7 Å². The molecule has 0 fully saturated rings. The average molecular weight is 279 g/mol. The molecule has 106 valence electrons. The molecule has 0 bridgehead atoms. The molecule has 20 heavy (non-hydrogen) atoms. The molecule has 0 N–H and O–H groups in total. The van der Waals surface area contributed by atoms with E-state index in [1.807, 2.05) is 0 Å². The van der Waals surface area contributed by atoms with E-state index in [-0.39, 0.29) is 17.9 Å². The van der Waals surface area contributed by atoms with Gasteiger partial charge in [-0.2, -0.15) is 0 Å². The van der Waals surface area contributed by atoms with Gasteiger partial charge in [0, 0.05) is 19.1 Å².